The zero-order chi connectivity index (χ0) is 12.4. The van der Waals surface area contributed by atoms with Gasteiger partial charge in [0.05, 0.1) is 5.56 Å². The first-order chi connectivity index (χ1) is 8.11. The molecule has 0 spiro atoms. The Bertz CT molecular complexity index is 573. The maximum atomic E-state index is 13.8. The molecule has 2 aromatic carbocycles. The third kappa shape index (κ3) is 2.11. The van der Waals surface area contributed by atoms with Crippen LogP contribution in [0.25, 0.3) is 0 Å². The number of rotatable bonds is 2. The molecule has 0 heterocycles. The van der Waals surface area contributed by atoms with E-state index in [9.17, 15) is 9.18 Å². The summed E-state index contributed by atoms with van der Waals surface area (Å²) in [5, 5.41) is 0. The van der Waals surface area contributed by atoms with Crippen LogP contribution < -0.4 is 0 Å². The van der Waals surface area contributed by atoms with Gasteiger partial charge in [-0.15, -0.1) is 0 Å². The molecule has 0 atom stereocenters. The van der Waals surface area contributed by atoms with Crippen molar-refractivity contribution >= 4 is 5.78 Å². The van der Waals surface area contributed by atoms with Gasteiger partial charge in [-0.2, -0.15) is 0 Å². The summed E-state index contributed by atoms with van der Waals surface area (Å²) in [6.07, 6.45) is 0. The molecule has 0 aliphatic carbocycles. The molecule has 0 unspecified atom stereocenters. The number of benzene rings is 2. The monoisotopic (exact) mass is 228 g/mol. The Hall–Kier alpha value is -1.96. The Labute approximate surface area is 99.9 Å². The van der Waals surface area contributed by atoms with E-state index in [0.717, 1.165) is 5.56 Å². The van der Waals surface area contributed by atoms with Gasteiger partial charge in [-0.05, 0) is 31.0 Å². The second-order valence-electron chi connectivity index (χ2n) is 4.08. The van der Waals surface area contributed by atoms with Crippen molar-refractivity contribution in [3.63, 3.8) is 0 Å². The Morgan fingerprint density at radius 2 is 1.47 bits per heavy atom. The van der Waals surface area contributed by atoms with Gasteiger partial charge in [0.2, 0.25) is 0 Å². The van der Waals surface area contributed by atoms with Crippen molar-refractivity contribution in [3.8, 4) is 0 Å². The van der Waals surface area contributed by atoms with Crippen molar-refractivity contribution < 1.29 is 9.18 Å². The standard InChI is InChI=1S/C15H13FO/c1-10-6-3-4-8-12(10)15(17)13-9-5-7-11(2)14(13)16/h3-9H,1-2H3. The van der Waals surface area contributed by atoms with Crippen molar-refractivity contribution in [3.05, 3.63) is 70.5 Å². The maximum absolute atomic E-state index is 13.8. The molecule has 17 heavy (non-hydrogen) atoms. The van der Waals surface area contributed by atoms with Gasteiger partial charge in [0.15, 0.2) is 5.78 Å². The van der Waals surface area contributed by atoms with Crippen LogP contribution in [0.15, 0.2) is 42.5 Å². The molecule has 0 N–H and O–H groups in total. The summed E-state index contributed by atoms with van der Waals surface area (Å²) in [7, 11) is 0. The molecule has 0 saturated carbocycles. The first kappa shape index (κ1) is 11.5. The predicted molar refractivity (Wildman–Crippen MR) is 65.7 cm³/mol. The van der Waals surface area contributed by atoms with Crippen LogP contribution >= 0.6 is 0 Å². The van der Waals surface area contributed by atoms with Gasteiger partial charge in [-0.25, -0.2) is 4.39 Å². The van der Waals surface area contributed by atoms with Crippen molar-refractivity contribution in [1.29, 1.82) is 0 Å². The van der Waals surface area contributed by atoms with Crippen molar-refractivity contribution in [2.45, 2.75) is 13.8 Å². The summed E-state index contributed by atoms with van der Waals surface area (Å²) in [6.45, 7) is 3.50. The first-order valence-electron chi connectivity index (χ1n) is 5.46. The van der Waals surface area contributed by atoms with E-state index >= 15 is 0 Å². The third-order valence-corrected chi connectivity index (χ3v) is 2.83. The predicted octanol–water partition coefficient (Wildman–Crippen LogP) is 3.67. The molecular formula is C15H13FO. The smallest absolute Gasteiger partial charge is 0.196 e. The number of carbonyl (C=O) groups is 1. The lowest BCUT2D eigenvalue weighted by atomic mass is 9.97. The molecule has 0 aromatic heterocycles. The van der Waals surface area contributed by atoms with Crippen molar-refractivity contribution in [2.75, 3.05) is 0 Å². The molecule has 0 aliphatic heterocycles. The first-order valence-corrected chi connectivity index (χ1v) is 5.46. The van der Waals surface area contributed by atoms with E-state index in [1.165, 1.54) is 6.07 Å². The number of hydrogen-bond acceptors (Lipinski definition) is 1. The van der Waals surface area contributed by atoms with Gasteiger partial charge in [-0.1, -0.05) is 36.4 Å². The summed E-state index contributed by atoms with van der Waals surface area (Å²) < 4.78 is 13.8. The second-order valence-corrected chi connectivity index (χ2v) is 4.08. The number of carbonyl (C=O) groups excluding carboxylic acids is 1. The van der Waals surface area contributed by atoms with E-state index in [0.29, 0.717) is 11.1 Å². The highest BCUT2D eigenvalue weighted by Crippen LogP contribution is 2.18. The number of hydrogen-bond donors (Lipinski definition) is 0. The zero-order valence-electron chi connectivity index (χ0n) is 9.83. The van der Waals surface area contributed by atoms with Crippen LogP contribution in [0.5, 0.6) is 0 Å². The van der Waals surface area contributed by atoms with Gasteiger partial charge < -0.3 is 0 Å². The fourth-order valence-corrected chi connectivity index (χ4v) is 1.80. The Morgan fingerprint density at radius 1 is 0.882 bits per heavy atom. The minimum absolute atomic E-state index is 0.138. The fourth-order valence-electron chi connectivity index (χ4n) is 1.80. The lowest BCUT2D eigenvalue weighted by molar-refractivity contribution is 0.103. The zero-order valence-corrected chi connectivity index (χ0v) is 9.83. The van der Waals surface area contributed by atoms with Crippen LogP contribution in [0.2, 0.25) is 0 Å². The average Bonchev–Trinajstić information content (AvgIpc) is 2.32. The summed E-state index contributed by atoms with van der Waals surface area (Å²) >= 11 is 0. The molecule has 0 saturated heterocycles. The quantitative estimate of drug-likeness (QED) is 0.717. The van der Waals surface area contributed by atoms with E-state index < -0.39 is 5.82 Å². The van der Waals surface area contributed by atoms with Crippen molar-refractivity contribution in [1.82, 2.24) is 0 Å². The van der Waals surface area contributed by atoms with Crippen LogP contribution in [0, 0.1) is 19.7 Å². The molecule has 1 nitrogen and oxygen atoms in total. The van der Waals surface area contributed by atoms with Crippen LogP contribution in [-0.4, -0.2) is 5.78 Å². The van der Waals surface area contributed by atoms with Gasteiger partial charge in [0, 0.05) is 5.56 Å². The normalized spacial score (nSPS) is 10.3. The number of ketones is 1. The van der Waals surface area contributed by atoms with Crippen LogP contribution in [-0.2, 0) is 0 Å². The molecule has 2 heteroatoms. The van der Waals surface area contributed by atoms with Crippen LogP contribution in [0.1, 0.15) is 27.0 Å². The largest absolute Gasteiger partial charge is 0.288 e. The van der Waals surface area contributed by atoms with Crippen LogP contribution in [0.3, 0.4) is 0 Å². The molecule has 0 fully saturated rings. The minimum atomic E-state index is -0.430. The second kappa shape index (κ2) is 4.50. The average molecular weight is 228 g/mol. The van der Waals surface area contributed by atoms with E-state index in [2.05, 4.69) is 0 Å². The SMILES string of the molecule is Cc1ccccc1C(=O)c1cccc(C)c1F. The van der Waals surface area contributed by atoms with Gasteiger partial charge >= 0.3 is 0 Å². The van der Waals surface area contributed by atoms with E-state index in [1.54, 1.807) is 31.2 Å². The topological polar surface area (TPSA) is 17.1 Å². The molecule has 0 amide bonds. The third-order valence-electron chi connectivity index (χ3n) is 2.83. The molecular weight excluding hydrogens is 215 g/mol. The summed E-state index contributed by atoms with van der Waals surface area (Å²) in [5.41, 5.74) is 2.04. The highest BCUT2D eigenvalue weighted by molar-refractivity contribution is 6.10. The fraction of sp³-hybridized carbons (Fsp3) is 0.133. The number of halogens is 1. The summed E-state index contributed by atoms with van der Waals surface area (Å²) in [4.78, 5) is 12.2. The molecule has 0 aliphatic rings. The summed E-state index contributed by atoms with van der Waals surface area (Å²) in [5.74, 6) is -0.690. The molecule has 0 radical (unpaired) electrons. The maximum Gasteiger partial charge on any atom is 0.196 e. The van der Waals surface area contributed by atoms with Gasteiger partial charge in [-0.3, -0.25) is 4.79 Å². The van der Waals surface area contributed by atoms with Gasteiger partial charge in [0.1, 0.15) is 5.82 Å². The van der Waals surface area contributed by atoms with E-state index in [4.69, 9.17) is 0 Å². The highest BCUT2D eigenvalue weighted by atomic mass is 19.1. The molecule has 2 aromatic rings. The Kier molecular flexibility index (Phi) is 3.05. The van der Waals surface area contributed by atoms with Crippen LogP contribution in [0.4, 0.5) is 4.39 Å². The molecule has 86 valence electrons. The summed E-state index contributed by atoms with van der Waals surface area (Å²) in [6, 6.07) is 12.1. The minimum Gasteiger partial charge on any atom is -0.288 e. The van der Waals surface area contributed by atoms with E-state index in [-0.39, 0.29) is 11.3 Å². The van der Waals surface area contributed by atoms with Crippen molar-refractivity contribution in [2.24, 2.45) is 0 Å². The molecule has 0 bridgehead atoms. The lowest BCUT2D eigenvalue weighted by Crippen LogP contribution is -2.07. The lowest BCUT2D eigenvalue weighted by Gasteiger charge is -2.07. The van der Waals surface area contributed by atoms with Gasteiger partial charge in [0.25, 0.3) is 0 Å². The highest BCUT2D eigenvalue weighted by Gasteiger charge is 2.16. The Morgan fingerprint density at radius 3 is 2.18 bits per heavy atom. The molecule has 2 rings (SSSR count). The Balaban J connectivity index is 2.52. The van der Waals surface area contributed by atoms with E-state index in [1.807, 2.05) is 19.1 Å². The number of aryl methyl sites for hydroxylation is 2.